The van der Waals surface area contributed by atoms with Crippen LogP contribution in [0.4, 0.5) is 0 Å². The van der Waals surface area contributed by atoms with Crippen molar-refractivity contribution in [2.75, 3.05) is 20.2 Å². The average Bonchev–Trinajstić information content (AvgIpc) is 3.33. The molecule has 3 nitrogen and oxygen atoms in total. The molecule has 2 aliphatic heterocycles. The molecular formula is C29H40BrNO2. The molecule has 1 aliphatic carbocycles. The lowest BCUT2D eigenvalue weighted by atomic mass is 9.72. The lowest BCUT2D eigenvalue weighted by Crippen LogP contribution is -3.00. The standard InChI is InChI=1S/C29H40NO2.BrH/c1-21(2)29(32-19-24-9-7-6-8-10-24)20-30(18-23-11-13-25(31-5)14-12-23)17-22(3)26-15-16-27(29)28(26,30)4;/h6-14,21-22,26-27H,15-20H2,1-5H3;1H/q+1;/p-1/t22-,26+,27+,28-,29+,30-;/m1./s1. The van der Waals surface area contributed by atoms with Crippen molar-refractivity contribution in [1.29, 1.82) is 0 Å². The van der Waals surface area contributed by atoms with Crippen LogP contribution >= 0.6 is 0 Å². The highest BCUT2D eigenvalue weighted by Crippen LogP contribution is 2.67. The molecule has 2 aromatic carbocycles. The van der Waals surface area contributed by atoms with Gasteiger partial charge in [-0.3, -0.25) is 0 Å². The summed E-state index contributed by atoms with van der Waals surface area (Å²) in [5.74, 6) is 3.63. The molecule has 0 N–H and O–H groups in total. The van der Waals surface area contributed by atoms with Crippen LogP contribution in [0, 0.1) is 23.7 Å². The Morgan fingerprint density at radius 2 is 1.70 bits per heavy atom. The van der Waals surface area contributed by atoms with Gasteiger partial charge in [0.1, 0.15) is 30.0 Å². The van der Waals surface area contributed by atoms with Gasteiger partial charge in [-0.25, -0.2) is 0 Å². The minimum Gasteiger partial charge on any atom is -1.00 e. The summed E-state index contributed by atoms with van der Waals surface area (Å²) >= 11 is 0. The predicted octanol–water partition coefficient (Wildman–Crippen LogP) is 3.08. The Labute approximate surface area is 210 Å². The Bertz CT molecular complexity index is 948. The van der Waals surface area contributed by atoms with E-state index in [0.717, 1.165) is 30.7 Å². The van der Waals surface area contributed by atoms with E-state index in [9.17, 15) is 0 Å². The Morgan fingerprint density at radius 1 is 1.00 bits per heavy atom. The van der Waals surface area contributed by atoms with Gasteiger partial charge in [0.25, 0.3) is 0 Å². The highest BCUT2D eigenvalue weighted by molar-refractivity contribution is 5.27. The van der Waals surface area contributed by atoms with Gasteiger partial charge in [0.05, 0.1) is 20.3 Å². The normalized spacial score (nSPS) is 36.6. The number of ether oxygens (including phenoxy) is 2. The third-order valence-corrected chi connectivity index (χ3v) is 9.68. The average molecular weight is 515 g/mol. The summed E-state index contributed by atoms with van der Waals surface area (Å²) in [6, 6.07) is 19.5. The lowest BCUT2D eigenvalue weighted by molar-refractivity contribution is -0.968. The van der Waals surface area contributed by atoms with Gasteiger partial charge in [-0.2, -0.15) is 0 Å². The first-order chi connectivity index (χ1) is 15.3. The smallest absolute Gasteiger partial charge is 0.128 e. The molecule has 0 bridgehead atoms. The quantitative estimate of drug-likeness (QED) is 0.529. The molecule has 5 rings (SSSR count). The Kier molecular flexibility index (Phi) is 6.76. The molecule has 0 aromatic heterocycles. The highest BCUT2D eigenvalue weighted by atomic mass is 79.9. The van der Waals surface area contributed by atoms with E-state index in [1.54, 1.807) is 7.11 Å². The van der Waals surface area contributed by atoms with Gasteiger partial charge in [-0.05, 0) is 55.5 Å². The number of rotatable bonds is 7. The van der Waals surface area contributed by atoms with Crippen molar-refractivity contribution in [3.05, 3.63) is 65.7 Å². The van der Waals surface area contributed by atoms with Gasteiger partial charge in [0.2, 0.25) is 0 Å². The first kappa shape index (κ1) is 24.8. The molecule has 3 aliphatic rings. The third-order valence-electron chi connectivity index (χ3n) is 9.68. The monoisotopic (exact) mass is 513 g/mol. The second-order valence-corrected chi connectivity index (χ2v) is 11.3. The molecule has 0 spiro atoms. The number of nitrogens with zero attached hydrogens (tertiary/aromatic N) is 1. The van der Waals surface area contributed by atoms with Crippen LogP contribution in [0.1, 0.15) is 51.7 Å². The maximum Gasteiger partial charge on any atom is 0.128 e. The van der Waals surface area contributed by atoms with E-state index in [2.05, 4.69) is 82.3 Å². The fraction of sp³-hybridized carbons (Fsp3) is 0.586. The lowest BCUT2D eigenvalue weighted by Gasteiger charge is -2.43. The van der Waals surface area contributed by atoms with Crippen LogP contribution in [0.5, 0.6) is 5.75 Å². The van der Waals surface area contributed by atoms with Crippen LogP contribution in [0.25, 0.3) is 0 Å². The van der Waals surface area contributed by atoms with Crippen molar-refractivity contribution in [3.8, 4) is 5.75 Å². The summed E-state index contributed by atoms with van der Waals surface area (Å²) in [4.78, 5) is 0. The summed E-state index contributed by atoms with van der Waals surface area (Å²) in [6.07, 6.45) is 2.66. The molecule has 0 radical (unpaired) electrons. The van der Waals surface area contributed by atoms with Crippen LogP contribution in [0.15, 0.2) is 54.6 Å². The number of methoxy groups -OCH3 is 1. The van der Waals surface area contributed by atoms with Gasteiger partial charge in [-0.1, -0.05) is 51.1 Å². The van der Waals surface area contributed by atoms with E-state index < -0.39 is 0 Å². The molecule has 3 fully saturated rings. The highest BCUT2D eigenvalue weighted by Gasteiger charge is 2.78. The fourth-order valence-corrected chi connectivity index (χ4v) is 8.23. The van der Waals surface area contributed by atoms with Gasteiger partial charge in [-0.15, -0.1) is 0 Å². The van der Waals surface area contributed by atoms with E-state index in [1.807, 2.05) is 0 Å². The first-order valence-corrected chi connectivity index (χ1v) is 12.5. The van der Waals surface area contributed by atoms with E-state index in [1.165, 1.54) is 35.0 Å². The van der Waals surface area contributed by atoms with Crippen LogP contribution in [0.2, 0.25) is 0 Å². The van der Waals surface area contributed by atoms with Crippen LogP contribution in [0.3, 0.4) is 0 Å². The molecular weight excluding hydrogens is 474 g/mol. The predicted molar refractivity (Wildman–Crippen MR) is 129 cm³/mol. The first-order valence-electron chi connectivity index (χ1n) is 12.5. The SMILES string of the molecule is COc1ccc(C[N@@+]23C[C@@H](C)[C@@H]4CC[C@@H]([C@@]42C)[C@@](OCc2ccccc2)(C(C)C)C3)cc1.[Br-]. The molecule has 180 valence electrons. The second kappa shape index (κ2) is 9.02. The summed E-state index contributed by atoms with van der Waals surface area (Å²) in [5, 5.41) is 0. The van der Waals surface area contributed by atoms with Crippen LogP contribution in [-0.2, 0) is 17.9 Å². The van der Waals surface area contributed by atoms with E-state index in [4.69, 9.17) is 9.47 Å². The van der Waals surface area contributed by atoms with Gasteiger partial charge in [0, 0.05) is 23.3 Å². The Morgan fingerprint density at radius 3 is 2.33 bits per heavy atom. The number of hydrogen-bond donors (Lipinski definition) is 0. The van der Waals surface area contributed by atoms with Crippen molar-refractivity contribution < 1.29 is 30.9 Å². The molecule has 6 atom stereocenters. The van der Waals surface area contributed by atoms with Crippen LogP contribution in [-0.4, -0.2) is 35.8 Å². The molecule has 1 saturated carbocycles. The summed E-state index contributed by atoms with van der Waals surface area (Å²) < 4.78 is 13.7. The van der Waals surface area contributed by atoms with Crippen molar-refractivity contribution in [2.24, 2.45) is 23.7 Å². The summed E-state index contributed by atoms with van der Waals surface area (Å²) in [7, 11) is 1.75. The van der Waals surface area contributed by atoms with Gasteiger partial charge in [0.15, 0.2) is 0 Å². The van der Waals surface area contributed by atoms with Crippen molar-refractivity contribution in [1.82, 2.24) is 0 Å². The summed E-state index contributed by atoms with van der Waals surface area (Å²) in [5.41, 5.74) is 2.94. The number of benzene rings is 2. The third kappa shape index (κ3) is 3.68. The van der Waals surface area contributed by atoms with E-state index >= 15 is 0 Å². The van der Waals surface area contributed by atoms with E-state index in [0.29, 0.717) is 24.0 Å². The van der Waals surface area contributed by atoms with E-state index in [-0.39, 0.29) is 22.6 Å². The molecule has 0 amide bonds. The van der Waals surface area contributed by atoms with Gasteiger partial charge < -0.3 is 30.9 Å². The van der Waals surface area contributed by atoms with Crippen LogP contribution < -0.4 is 21.7 Å². The maximum atomic E-state index is 7.07. The minimum absolute atomic E-state index is 0. The molecule has 2 heterocycles. The topological polar surface area (TPSA) is 18.5 Å². The number of halogens is 1. The fourth-order valence-electron chi connectivity index (χ4n) is 8.23. The molecule has 4 heteroatoms. The van der Waals surface area contributed by atoms with Gasteiger partial charge >= 0.3 is 0 Å². The summed E-state index contributed by atoms with van der Waals surface area (Å²) in [6.45, 7) is 14.1. The minimum atomic E-state index is -0.0635. The number of quaternary nitrogens is 1. The van der Waals surface area contributed by atoms with Crippen molar-refractivity contribution in [3.63, 3.8) is 0 Å². The Balaban J connectivity index is 0.00000259. The number of hydrogen-bond acceptors (Lipinski definition) is 2. The molecule has 0 unspecified atom stereocenters. The zero-order valence-corrected chi connectivity index (χ0v) is 22.5. The molecule has 2 aromatic rings. The van der Waals surface area contributed by atoms with Crippen molar-refractivity contribution >= 4 is 0 Å². The largest absolute Gasteiger partial charge is 1.00 e. The molecule has 33 heavy (non-hydrogen) atoms. The Hall–Kier alpha value is -1.36. The molecule has 2 saturated heterocycles. The second-order valence-electron chi connectivity index (χ2n) is 11.3. The van der Waals surface area contributed by atoms with Crippen molar-refractivity contribution in [2.45, 2.75) is 64.8 Å². The maximum absolute atomic E-state index is 7.07. The zero-order chi connectivity index (χ0) is 22.6. The zero-order valence-electron chi connectivity index (χ0n) is 20.9.